The van der Waals surface area contributed by atoms with E-state index in [-0.39, 0.29) is 0 Å². The minimum Gasteiger partial charge on any atom is -0.461 e. The predicted molar refractivity (Wildman–Crippen MR) is 120 cm³/mol. The van der Waals surface area contributed by atoms with E-state index in [4.69, 9.17) is 9.40 Å². The van der Waals surface area contributed by atoms with Crippen LogP contribution < -0.4 is 0 Å². The standard InChI is InChI=1S/C24H22N4O3S/c1-32(29,30)20-9-7-17(8-10-20)21-5-2-4-19(26-21)16-28-12-11-22-18(15-28)14-25-24(27-22)23-6-3-13-31-23/h2-10,13-14H,11-12,15-16H2,1H3. The van der Waals surface area contributed by atoms with Crippen LogP contribution in [0.1, 0.15) is 17.0 Å². The van der Waals surface area contributed by atoms with Gasteiger partial charge in [0.2, 0.25) is 0 Å². The van der Waals surface area contributed by atoms with Crippen molar-refractivity contribution in [3.63, 3.8) is 0 Å². The zero-order chi connectivity index (χ0) is 22.1. The summed E-state index contributed by atoms with van der Waals surface area (Å²) in [5, 5.41) is 0. The second-order valence-corrected chi connectivity index (χ2v) is 9.93. The highest BCUT2D eigenvalue weighted by Crippen LogP contribution is 2.24. The Hall–Kier alpha value is -3.36. The number of furan rings is 1. The average molecular weight is 447 g/mol. The second-order valence-electron chi connectivity index (χ2n) is 7.91. The summed E-state index contributed by atoms with van der Waals surface area (Å²) in [4.78, 5) is 16.6. The zero-order valence-corrected chi connectivity index (χ0v) is 18.4. The summed E-state index contributed by atoms with van der Waals surface area (Å²) in [5.41, 5.74) is 4.87. The highest BCUT2D eigenvalue weighted by Gasteiger charge is 2.20. The van der Waals surface area contributed by atoms with E-state index in [1.165, 1.54) is 6.26 Å². The van der Waals surface area contributed by atoms with E-state index in [0.717, 1.165) is 47.7 Å². The van der Waals surface area contributed by atoms with E-state index in [2.05, 4.69) is 14.9 Å². The molecule has 1 aliphatic rings. The van der Waals surface area contributed by atoms with Crippen molar-refractivity contribution in [2.45, 2.75) is 24.4 Å². The van der Waals surface area contributed by atoms with Crippen LogP contribution in [0.3, 0.4) is 0 Å². The fourth-order valence-corrected chi connectivity index (χ4v) is 4.49. The first kappa shape index (κ1) is 20.5. The lowest BCUT2D eigenvalue weighted by molar-refractivity contribution is 0.240. The van der Waals surface area contributed by atoms with Gasteiger partial charge < -0.3 is 4.42 Å². The zero-order valence-electron chi connectivity index (χ0n) is 17.6. The molecule has 1 aromatic carbocycles. The summed E-state index contributed by atoms with van der Waals surface area (Å²) < 4.78 is 28.8. The molecule has 5 rings (SSSR count). The summed E-state index contributed by atoms with van der Waals surface area (Å²) in [5.74, 6) is 1.30. The van der Waals surface area contributed by atoms with Gasteiger partial charge in [-0.05, 0) is 36.4 Å². The van der Waals surface area contributed by atoms with Gasteiger partial charge in [-0.15, -0.1) is 0 Å². The lowest BCUT2D eigenvalue weighted by Crippen LogP contribution is -2.31. The SMILES string of the molecule is CS(=O)(=O)c1ccc(-c2cccc(CN3CCc4nc(-c5ccco5)ncc4C3)n2)cc1. The van der Waals surface area contributed by atoms with E-state index in [0.29, 0.717) is 23.0 Å². The Labute approximate surface area is 186 Å². The second kappa shape index (κ2) is 8.29. The van der Waals surface area contributed by atoms with E-state index in [1.54, 1.807) is 30.5 Å². The monoisotopic (exact) mass is 446 g/mol. The lowest BCUT2D eigenvalue weighted by Gasteiger charge is -2.27. The largest absolute Gasteiger partial charge is 0.461 e. The minimum absolute atomic E-state index is 0.307. The van der Waals surface area contributed by atoms with Crippen molar-refractivity contribution < 1.29 is 12.8 Å². The van der Waals surface area contributed by atoms with Crippen molar-refractivity contribution in [1.82, 2.24) is 19.9 Å². The molecule has 32 heavy (non-hydrogen) atoms. The Kier molecular flexibility index (Phi) is 5.32. The number of aromatic nitrogens is 3. The van der Waals surface area contributed by atoms with Gasteiger partial charge in [0.25, 0.3) is 0 Å². The van der Waals surface area contributed by atoms with Gasteiger partial charge in [0, 0.05) is 49.6 Å². The van der Waals surface area contributed by atoms with E-state index in [1.807, 2.05) is 36.5 Å². The van der Waals surface area contributed by atoms with Gasteiger partial charge in [0.15, 0.2) is 21.4 Å². The van der Waals surface area contributed by atoms with Crippen molar-refractivity contribution in [2.75, 3.05) is 12.8 Å². The molecule has 162 valence electrons. The fourth-order valence-electron chi connectivity index (χ4n) is 3.86. The number of sulfone groups is 1. The predicted octanol–water partition coefficient (Wildman–Crippen LogP) is 3.76. The van der Waals surface area contributed by atoms with Gasteiger partial charge in [-0.3, -0.25) is 9.88 Å². The molecule has 0 atom stereocenters. The molecule has 8 heteroatoms. The van der Waals surface area contributed by atoms with Crippen LogP contribution in [-0.4, -0.2) is 41.1 Å². The molecule has 1 aliphatic heterocycles. The van der Waals surface area contributed by atoms with Gasteiger partial charge in [-0.1, -0.05) is 18.2 Å². The van der Waals surface area contributed by atoms with Gasteiger partial charge in [-0.2, -0.15) is 0 Å². The van der Waals surface area contributed by atoms with Crippen LogP contribution in [0.2, 0.25) is 0 Å². The van der Waals surface area contributed by atoms with E-state index >= 15 is 0 Å². The molecule has 0 radical (unpaired) electrons. The topological polar surface area (TPSA) is 89.2 Å². The molecule has 0 spiro atoms. The van der Waals surface area contributed by atoms with Crippen LogP contribution >= 0.6 is 0 Å². The molecular weight excluding hydrogens is 424 g/mol. The first-order chi connectivity index (χ1) is 15.5. The molecular formula is C24H22N4O3S. The summed E-state index contributed by atoms with van der Waals surface area (Å²) >= 11 is 0. The molecule has 4 heterocycles. The van der Waals surface area contributed by atoms with Crippen LogP contribution in [0.4, 0.5) is 0 Å². The molecule has 3 aromatic heterocycles. The van der Waals surface area contributed by atoms with E-state index < -0.39 is 9.84 Å². The molecule has 0 aliphatic carbocycles. The van der Waals surface area contributed by atoms with Crippen molar-refractivity contribution in [3.05, 3.63) is 84.0 Å². The molecule has 4 aromatic rings. The third kappa shape index (κ3) is 4.32. The minimum atomic E-state index is -3.21. The summed E-state index contributed by atoms with van der Waals surface area (Å²) in [6, 6.07) is 16.5. The number of hydrogen-bond donors (Lipinski definition) is 0. The number of hydrogen-bond acceptors (Lipinski definition) is 7. The lowest BCUT2D eigenvalue weighted by atomic mass is 10.1. The Balaban J connectivity index is 1.30. The molecule has 0 amide bonds. The normalized spacial score (nSPS) is 14.3. The Morgan fingerprint density at radius 2 is 1.88 bits per heavy atom. The first-order valence-electron chi connectivity index (χ1n) is 10.3. The molecule has 0 saturated heterocycles. The smallest absolute Gasteiger partial charge is 0.195 e. The third-order valence-corrected chi connectivity index (χ3v) is 6.65. The quantitative estimate of drug-likeness (QED) is 0.461. The van der Waals surface area contributed by atoms with Crippen molar-refractivity contribution in [3.8, 4) is 22.8 Å². The maximum atomic E-state index is 11.7. The highest BCUT2D eigenvalue weighted by atomic mass is 32.2. The Morgan fingerprint density at radius 3 is 2.62 bits per heavy atom. The molecule has 0 unspecified atom stereocenters. The fraction of sp³-hybridized carbons (Fsp3) is 0.208. The number of benzene rings is 1. The molecule has 7 nitrogen and oxygen atoms in total. The maximum Gasteiger partial charge on any atom is 0.195 e. The van der Waals surface area contributed by atoms with Gasteiger partial charge >= 0.3 is 0 Å². The van der Waals surface area contributed by atoms with Crippen molar-refractivity contribution >= 4 is 9.84 Å². The van der Waals surface area contributed by atoms with Crippen molar-refractivity contribution in [2.24, 2.45) is 0 Å². The number of pyridine rings is 1. The average Bonchev–Trinajstić information content (AvgIpc) is 3.33. The van der Waals surface area contributed by atoms with Gasteiger partial charge in [0.1, 0.15) is 0 Å². The number of rotatable bonds is 5. The third-order valence-electron chi connectivity index (χ3n) is 5.53. The Bertz CT molecular complexity index is 1350. The van der Waals surface area contributed by atoms with Crippen LogP contribution in [0.5, 0.6) is 0 Å². The van der Waals surface area contributed by atoms with Crippen LogP contribution in [0, 0.1) is 0 Å². The number of fused-ring (bicyclic) bond motifs is 1. The van der Waals surface area contributed by atoms with Crippen LogP contribution in [-0.2, 0) is 29.3 Å². The molecule has 0 bridgehead atoms. The maximum absolute atomic E-state index is 11.7. The van der Waals surface area contributed by atoms with Crippen molar-refractivity contribution in [1.29, 1.82) is 0 Å². The van der Waals surface area contributed by atoms with Crippen LogP contribution in [0.15, 0.2) is 76.4 Å². The first-order valence-corrected chi connectivity index (χ1v) is 12.2. The van der Waals surface area contributed by atoms with Gasteiger partial charge in [-0.25, -0.2) is 18.4 Å². The summed E-state index contributed by atoms with van der Waals surface area (Å²) in [6.07, 6.45) is 5.57. The van der Waals surface area contributed by atoms with Crippen LogP contribution in [0.25, 0.3) is 22.8 Å². The molecule has 0 fully saturated rings. The highest BCUT2D eigenvalue weighted by molar-refractivity contribution is 7.90. The summed E-state index contributed by atoms with van der Waals surface area (Å²) in [7, 11) is -3.21. The Morgan fingerprint density at radius 1 is 1.03 bits per heavy atom. The van der Waals surface area contributed by atoms with E-state index in [9.17, 15) is 8.42 Å². The molecule has 0 N–H and O–H groups in total. The molecule has 0 saturated carbocycles. The van der Waals surface area contributed by atoms with Gasteiger partial charge in [0.05, 0.1) is 28.2 Å². The summed E-state index contributed by atoms with van der Waals surface area (Å²) in [6.45, 7) is 2.37. The number of nitrogens with zero attached hydrogens (tertiary/aromatic N) is 4.